The molecule has 156 valence electrons. The molecule has 0 bridgehead atoms. The second-order valence-electron chi connectivity index (χ2n) is 6.87. The van der Waals surface area contributed by atoms with E-state index in [-0.39, 0.29) is 23.1 Å². The molecule has 3 aromatic rings. The van der Waals surface area contributed by atoms with Crippen LogP contribution in [0.2, 0.25) is 0 Å². The van der Waals surface area contributed by atoms with Crippen LogP contribution in [0.5, 0.6) is 0 Å². The minimum atomic E-state index is -3.71. The number of rotatable bonds is 5. The first-order valence-corrected chi connectivity index (χ1v) is 10.9. The fourth-order valence-corrected chi connectivity index (χ4v) is 4.37. The zero-order chi connectivity index (χ0) is 22.0. The number of carbonyl (C=O) groups is 1. The molecular weight excluding hydrogens is 416 g/mol. The highest BCUT2D eigenvalue weighted by atomic mass is 32.2. The Balaban J connectivity index is 1.48. The molecular formula is C21H18N6O3S. The Labute approximate surface area is 179 Å². The van der Waals surface area contributed by atoms with E-state index in [0.29, 0.717) is 29.2 Å². The maximum atomic E-state index is 12.6. The SMILES string of the molecule is Cc1cc(NC(=O)c2ccc(NC3=NS(=O)(=O)c4ccccc43)cc2)n(CCC#N)n1. The molecule has 4 rings (SSSR count). The lowest BCUT2D eigenvalue weighted by Gasteiger charge is -2.09. The van der Waals surface area contributed by atoms with Crippen molar-refractivity contribution in [3.63, 3.8) is 0 Å². The summed E-state index contributed by atoms with van der Waals surface area (Å²) in [6, 6.07) is 17.0. The standard InChI is InChI=1S/C21H18N6O3S/c1-14-13-19(27(25-14)12-4-11-22)24-21(28)15-7-9-16(10-8-15)23-20-17-5-2-3-6-18(17)31(29,30)26-20/h2-3,5-10,13H,4,12H2,1H3,(H,23,26)(H,24,28). The number of aryl methyl sites for hydroxylation is 2. The van der Waals surface area contributed by atoms with Crippen molar-refractivity contribution in [2.75, 3.05) is 10.6 Å². The second kappa shape index (κ2) is 8.04. The Bertz CT molecular complexity index is 1330. The third kappa shape index (κ3) is 4.17. The monoisotopic (exact) mass is 434 g/mol. The summed E-state index contributed by atoms with van der Waals surface area (Å²) in [5.74, 6) is 0.433. The summed E-state index contributed by atoms with van der Waals surface area (Å²) in [7, 11) is -3.71. The van der Waals surface area contributed by atoms with Gasteiger partial charge in [0.15, 0.2) is 5.84 Å². The Morgan fingerprint density at radius 2 is 1.90 bits per heavy atom. The fourth-order valence-electron chi connectivity index (χ4n) is 3.20. The van der Waals surface area contributed by atoms with Gasteiger partial charge in [0.05, 0.1) is 24.7 Å². The molecule has 0 radical (unpaired) electrons. The van der Waals surface area contributed by atoms with E-state index in [1.165, 1.54) is 6.07 Å². The highest BCUT2D eigenvalue weighted by molar-refractivity contribution is 7.90. The molecule has 0 saturated carbocycles. The molecule has 0 spiro atoms. The highest BCUT2D eigenvalue weighted by Gasteiger charge is 2.28. The molecule has 1 aliphatic heterocycles. The molecule has 9 nitrogen and oxygen atoms in total. The van der Waals surface area contributed by atoms with Crippen LogP contribution >= 0.6 is 0 Å². The third-order valence-corrected chi connectivity index (χ3v) is 5.96. The van der Waals surface area contributed by atoms with Crippen molar-refractivity contribution in [2.45, 2.75) is 24.8 Å². The maximum Gasteiger partial charge on any atom is 0.285 e. The van der Waals surface area contributed by atoms with Gasteiger partial charge in [-0.15, -0.1) is 4.40 Å². The summed E-state index contributed by atoms with van der Waals surface area (Å²) in [4.78, 5) is 12.8. The number of sulfonamides is 1. The van der Waals surface area contributed by atoms with E-state index in [0.717, 1.165) is 5.69 Å². The smallest absolute Gasteiger partial charge is 0.285 e. The molecule has 0 aliphatic carbocycles. The van der Waals surface area contributed by atoms with Crippen LogP contribution in [-0.2, 0) is 16.6 Å². The van der Waals surface area contributed by atoms with Crippen LogP contribution in [0, 0.1) is 18.3 Å². The number of benzene rings is 2. The van der Waals surface area contributed by atoms with E-state index in [1.54, 1.807) is 53.2 Å². The van der Waals surface area contributed by atoms with Crippen molar-refractivity contribution in [1.82, 2.24) is 9.78 Å². The molecule has 0 saturated heterocycles. The lowest BCUT2D eigenvalue weighted by atomic mass is 10.1. The predicted molar refractivity (Wildman–Crippen MR) is 115 cm³/mol. The number of nitrogens with zero attached hydrogens (tertiary/aromatic N) is 4. The average Bonchev–Trinajstić information content (AvgIpc) is 3.23. The van der Waals surface area contributed by atoms with E-state index in [9.17, 15) is 13.2 Å². The van der Waals surface area contributed by atoms with E-state index in [1.807, 2.05) is 6.92 Å². The van der Waals surface area contributed by atoms with E-state index in [2.05, 4.69) is 26.2 Å². The Kier molecular flexibility index (Phi) is 5.27. The number of amidine groups is 1. The minimum Gasteiger partial charge on any atom is -0.339 e. The zero-order valence-corrected chi connectivity index (χ0v) is 17.3. The Morgan fingerprint density at radius 3 is 2.65 bits per heavy atom. The summed E-state index contributed by atoms with van der Waals surface area (Å²) < 4.78 is 29.7. The van der Waals surface area contributed by atoms with Crippen molar-refractivity contribution >= 4 is 33.3 Å². The van der Waals surface area contributed by atoms with Gasteiger partial charge >= 0.3 is 0 Å². The summed E-state index contributed by atoms with van der Waals surface area (Å²) in [5, 5.41) is 18.8. The summed E-state index contributed by atoms with van der Waals surface area (Å²) >= 11 is 0. The van der Waals surface area contributed by atoms with Gasteiger partial charge in [-0.1, -0.05) is 12.1 Å². The van der Waals surface area contributed by atoms with Gasteiger partial charge < -0.3 is 10.6 Å². The maximum absolute atomic E-state index is 12.6. The molecule has 2 aromatic carbocycles. The summed E-state index contributed by atoms with van der Waals surface area (Å²) in [5.41, 5.74) is 2.25. The van der Waals surface area contributed by atoms with E-state index < -0.39 is 10.0 Å². The minimum absolute atomic E-state index is 0.164. The van der Waals surface area contributed by atoms with Crippen molar-refractivity contribution in [1.29, 1.82) is 5.26 Å². The number of nitrogens with one attached hydrogen (secondary N) is 2. The van der Waals surface area contributed by atoms with Crippen LogP contribution in [0.4, 0.5) is 11.5 Å². The van der Waals surface area contributed by atoms with Gasteiger partial charge in [-0.3, -0.25) is 4.79 Å². The van der Waals surface area contributed by atoms with Gasteiger partial charge in [-0.2, -0.15) is 18.8 Å². The highest BCUT2D eigenvalue weighted by Crippen LogP contribution is 2.26. The lowest BCUT2D eigenvalue weighted by Crippen LogP contribution is -2.16. The molecule has 31 heavy (non-hydrogen) atoms. The first-order valence-electron chi connectivity index (χ1n) is 9.41. The van der Waals surface area contributed by atoms with Gasteiger partial charge in [0, 0.05) is 22.9 Å². The molecule has 0 unspecified atom stereocenters. The van der Waals surface area contributed by atoms with E-state index in [4.69, 9.17) is 5.26 Å². The Morgan fingerprint density at radius 1 is 1.16 bits per heavy atom. The number of aromatic nitrogens is 2. The van der Waals surface area contributed by atoms with Gasteiger partial charge in [-0.05, 0) is 43.3 Å². The van der Waals surface area contributed by atoms with Crippen LogP contribution in [-0.4, -0.2) is 29.9 Å². The van der Waals surface area contributed by atoms with Gasteiger partial charge in [0.1, 0.15) is 10.7 Å². The Hall–Kier alpha value is -3.97. The number of anilines is 2. The number of nitriles is 1. The van der Waals surface area contributed by atoms with Gasteiger partial charge in [0.25, 0.3) is 15.9 Å². The van der Waals surface area contributed by atoms with Crippen molar-refractivity contribution in [3.8, 4) is 6.07 Å². The molecule has 0 fully saturated rings. The zero-order valence-electron chi connectivity index (χ0n) is 16.5. The van der Waals surface area contributed by atoms with Gasteiger partial charge in [0.2, 0.25) is 0 Å². The van der Waals surface area contributed by atoms with Crippen molar-refractivity contribution in [3.05, 3.63) is 71.4 Å². The third-order valence-electron chi connectivity index (χ3n) is 4.62. The van der Waals surface area contributed by atoms with Crippen molar-refractivity contribution in [2.24, 2.45) is 4.40 Å². The predicted octanol–water partition coefficient (Wildman–Crippen LogP) is 2.92. The second-order valence-corrected chi connectivity index (χ2v) is 8.44. The molecule has 1 amide bonds. The first-order chi connectivity index (χ1) is 14.9. The molecule has 2 heterocycles. The van der Waals surface area contributed by atoms with Crippen LogP contribution in [0.3, 0.4) is 0 Å². The molecule has 2 N–H and O–H groups in total. The quantitative estimate of drug-likeness (QED) is 0.635. The summed E-state index contributed by atoms with van der Waals surface area (Å²) in [6.07, 6.45) is 0.285. The number of hydrogen-bond donors (Lipinski definition) is 2. The topological polar surface area (TPSA) is 129 Å². The fraction of sp³-hybridized carbons (Fsp3) is 0.143. The molecule has 1 aliphatic rings. The van der Waals surface area contributed by atoms with Crippen LogP contribution in [0.1, 0.15) is 28.0 Å². The van der Waals surface area contributed by atoms with Gasteiger partial charge in [-0.25, -0.2) is 4.68 Å². The molecule has 0 atom stereocenters. The number of amides is 1. The number of carbonyl (C=O) groups excluding carboxylic acids is 1. The van der Waals surface area contributed by atoms with Crippen LogP contribution in [0.15, 0.2) is 63.9 Å². The lowest BCUT2D eigenvalue weighted by molar-refractivity contribution is 0.102. The van der Waals surface area contributed by atoms with Crippen LogP contribution < -0.4 is 10.6 Å². The molecule has 1 aromatic heterocycles. The normalized spacial score (nSPS) is 13.7. The molecule has 10 heteroatoms. The summed E-state index contributed by atoms with van der Waals surface area (Å²) in [6.45, 7) is 2.19. The largest absolute Gasteiger partial charge is 0.339 e. The average molecular weight is 434 g/mol. The number of fused-ring (bicyclic) bond motifs is 1. The van der Waals surface area contributed by atoms with E-state index >= 15 is 0 Å². The van der Waals surface area contributed by atoms with Crippen LogP contribution in [0.25, 0.3) is 0 Å². The first kappa shape index (κ1) is 20.3. The van der Waals surface area contributed by atoms with Crippen molar-refractivity contribution < 1.29 is 13.2 Å². The number of hydrogen-bond acceptors (Lipinski definition) is 6.